The highest BCUT2D eigenvalue weighted by atomic mass is 19.4. The Labute approximate surface area is 228 Å². The van der Waals surface area contributed by atoms with Gasteiger partial charge in [0.1, 0.15) is 0 Å². The second kappa shape index (κ2) is 11.7. The fourth-order valence-electron chi connectivity index (χ4n) is 4.57. The quantitative estimate of drug-likeness (QED) is 0.325. The van der Waals surface area contributed by atoms with Crippen LogP contribution < -0.4 is 4.90 Å². The summed E-state index contributed by atoms with van der Waals surface area (Å²) in [6.45, 7) is 2.35. The second-order valence-corrected chi connectivity index (χ2v) is 9.37. The number of carbonyl (C=O) groups is 2. The molecule has 0 saturated carbocycles. The van der Waals surface area contributed by atoms with E-state index in [0.717, 1.165) is 23.0 Å². The first-order valence-corrected chi connectivity index (χ1v) is 12.2. The molecule has 226 valence electrons. The molecule has 1 heterocycles. The molecule has 2 aromatic carbocycles. The maximum Gasteiger partial charge on any atom is 0.416 e. The summed E-state index contributed by atoms with van der Waals surface area (Å²) < 4.78 is 131. The van der Waals surface area contributed by atoms with Crippen molar-refractivity contribution in [3.8, 4) is 0 Å². The monoisotopic (exact) mass is 600 g/mol. The fraction of sp³-hybridized carbons (Fsp3) is 0.462. The molecular weight excluding hydrogens is 575 g/mol. The van der Waals surface area contributed by atoms with E-state index >= 15 is 0 Å². The molecule has 1 aliphatic heterocycles. The third-order valence-electron chi connectivity index (χ3n) is 6.39. The molecule has 41 heavy (non-hydrogen) atoms. The van der Waals surface area contributed by atoms with Crippen LogP contribution in [0.3, 0.4) is 0 Å². The molecule has 1 aliphatic rings. The number of amides is 2. The SMILES string of the molecule is CCCOC(=O)N1c2ccc(C(F)(F)F)cc2C(N(Cc2cc(C(F)(F)F)cc(C(F)(F)F)c2)C(=O)OC)CC1C. The predicted octanol–water partition coefficient (Wildman–Crippen LogP) is 8.20. The average molecular weight is 600 g/mol. The normalized spacial score (nSPS) is 17.6. The molecule has 0 bridgehead atoms. The lowest BCUT2D eigenvalue weighted by Gasteiger charge is -2.42. The molecule has 0 aromatic heterocycles. The molecule has 0 radical (unpaired) electrons. The average Bonchev–Trinajstić information content (AvgIpc) is 2.87. The van der Waals surface area contributed by atoms with E-state index in [1.807, 2.05) is 0 Å². The Morgan fingerprint density at radius 2 is 1.46 bits per heavy atom. The summed E-state index contributed by atoms with van der Waals surface area (Å²) in [7, 11) is 0.899. The van der Waals surface area contributed by atoms with Crippen molar-refractivity contribution in [1.29, 1.82) is 0 Å². The van der Waals surface area contributed by atoms with E-state index in [9.17, 15) is 49.1 Å². The topological polar surface area (TPSA) is 59.1 Å². The van der Waals surface area contributed by atoms with Gasteiger partial charge in [0.2, 0.25) is 0 Å². The number of alkyl halides is 9. The van der Waals surface area contributed by atoms with Gasteiger partial charge in [-0.3, -0.25) is 9.80 Å². The van der Waals surface area contributed by atoms with Crippen LogP contribution in [0.2, 0.25) is 0 Å². The number of nitrogens with zero attached hydrogens (tertiary/aromatic N) is 2. The number of hydrogen-bond donors (Lipinski definition) is 0. The van der Waals surface area contributed by atoms with E-state index in [1.165, 1.54) is 6.92 Å². The van der Waals surface area contributed by atoms with Gasteiger partial charge < -0.3 is 9.47 Å². The zero-order chi connectivity index (χ0) is 30.9. The Kier molecular flexibility index (Phi) is 9.08. The number of carbonyl (C=O) groups excluding carboxylic acids is 2. The number of halogens is 9. The minimum Gasteiger partial charge on any atom is -0.453 e. The highest BCUT2D eigenvalue weighted by Gasteiger charge is 2.42. The summed E-state index contributed by atoms with van der Waals surface area (Å²) in [5.41, 5.74) is -5.30. The summed E-state index contributed by atoms with van der Waals surface area (Å²) in [6.07, 6.45) is -17.1. The molecule has 0 saturated heterocycles. The molecule has 0 fully saturated rings. The van der Waals surface area contributed by atoms with Crippen LogP contribution in [0.4, 0.5) is 54.8 Å². The van der Waals surface area contributed by atoms with Crippen molar-refractivity contribution < 1.29 is 58.6 Å². The Bertz CT molecular complexity index is 1240. The van der Waals surface area contributed by atoms with Crippen molar-refractivity contribution >= 4 is 17.9 Å². The predicted molar refractivity (Wildman–Crippen MR) is 127 cm³/mol. The van der Waals surface area contributed by atoms with Gasteiger partial charge in [-0.25, -0.2) is 9.59 Å². The van der Waals surface area contributed by atoms with Crippen LogP contribution in [0.25, 0.3) is 0 Å². The first kappa shape index (κ1) is 31.9. The van der Waals surface area contributed by atoms with Crippen LogP contribution in [0.15, 0.2) is 36.4 Å². The molecule has 2 aromatic rings. The summed E-state index contributed by atoms with van der Waals surface area (Å²) in [6, 6.07) is 0.975. The summed E-state index contributed by atoms with van der Waals surface area (Å²) >= 11 is 0. The van der Waals surface area contributed by atoms with E-state index in [0.29, 0.717) is 30.7 Å². The molecule has 15 heteroatoms. The Morgan fingerprint density at radius 3 is 1.95 bits per heavy atom. The zero-order valence-corrected chi connectivity index (χ0v) is 21.9. The van der Waals surface area contributed by atoms with E-state index < -0.39 is 71.6 Å². The van der Waals surface area contributed by atoms with E-state index in [2.05, 4.69) is 0 Å². The zero-order valence-electron chi connectivity index (χ0n) is 21.9. The van der Waals surface area contributed by atoms with Crippen LogP contribution in [-0.4, -0.2) is 36.8 Å². The van der Waals surface area contributed by atoms with Gasteiger partial charge >= 0.3 is 30.7 Å². The summed E-state index contributed by atoms with van der Waals surface area (Å²) in [5.74, 6) is 0. The van der Waals surface area contributed by atoms with E-state index in [4.69, 9.17) is 9.47 Å². The Balaban J connectivity index is 2.18. The van der Waals surface area contributed by atoms with Gasteiger partial charge in [-0.05, 0) is 67.3 Å². The molecule has 0 spiro atoms. The lowest BCUT2D eigenvalue weighted by atomic mass is 9.89. The molecule has 0 aliphatic carbocycles. The highest BCUT2D eigenvalue weighted by Crippen LogP contribution is 2.45. The molecule has 2 amide bonds. The number of rotatable bonds is 5. The first-order valence-electron chi connectivity index (χ1n) is 12.2. The number of hydrogen-bond acceptors (Lipinski definition) is 4. The largest absolute Gasteiger partial charge is 0.453 e. The number of methoxy groups -OCH3 is 1. The van der Waals surface area contributed by atoms with E-state index in [1.54, 1.807) is 6.92 Å². The van der Waals surface area contributed by atoms with Crippen molar-refractivity contribution in [2.75, 3.05) is 18.6 Å². The first-order chi connectivity index (χ1) is 18.9. The Morgan fingerprint density at radius 1 is 0.902 bits per heavy atom. The van der Waals surface area contributed by atoms with Crippen molar-refractivity contribution in [3.05, 3.63) is 64.2 Å². The van der Waals surface area contributed by atoms with Crippen LogP contribution >= 0.6 is 0 Å². The van der Waals surface area contributed by atoms with Crippen molar-refractivity contribution in [2.24, 2.45) is 0 Å². The Hall–Kier alpha value is -3.65. The number of benzene rings is 2. The molecular formula is C26H25F9N2O4. The van der Waals surface area contributed by atoms with Crippen LogP contribution in [0, 0.1) is 0 Å². The number of ether oxygens (including phenoxy) is 2. The number of fused-ring (bicyclic) bond motifs is 1. The van der Waals surface area contributed by atoms with Crippen LogP contribution in [-0.2, 0) is 34.5 Å². The van der Waals surface area contributed by atoms with Crippen molar-refractivity contribution in [1.82, 2.24) is 4.90 Å². The van der Waals surface area contributed by atoms with Gasteiger partial charge in [-0.1, -0.05) is 6.92 Å². The van der Waals surface area contributed by atoms with Gasteiger partial charge in [0, 0.05) is 12.6 Å². The maximum absolute atomic E-state index is 13.6. The lowest BCUT2D eigenvalue weighted by Crippen LogP contribution is -2.47. The van der Waals surface area contributed by atoms with Gasteiger partial charge in [0.15, 0.2) is 0 Å². The van der Waals surface area contributed by atoms with Crippen LogP contribution in [0.5, 0.6) is 0 Å². The lowest BCUT2D eigenvalue weighted by molar-refractivity contribution is -0.143. The fourth-order valence-corrected chi connectivity index (χ4v) is 4.57. The van der Waals surface area contributed by atoms with Gasteiger partial charge in [0.25, 0.3) is 0 Å². The minimum atomic E-state index is -5.17. The molecule has 3 rings (SSSR count). The second-order valence-electron chi connectivity index (χ2n) is 9.37. The van der Waals surface area contributed by atoms with E-state index in [-0.39, 0.29) is 30.3 Å². The minimum absolute atomic E-state index is 0.00677. The van der Waals surface area contributed by atoms with Crippen molar-refractivity contribution in [2.45, 2.75) is 63.8 Å². The smallest absolute Gasteiger partial charge is 0.416 e. The van der Waals surface area contributed by atoms with Gasteiger partial charge in [-0.15, -0.1) is 0 Å². The summed E-state index contributed by atoms with van der Waals surface area (Å²) in [4.78, 5) is 27.5. The van der Waals surface area contributed by atoms with Crippen LogP contribution in [0.1, 0.15) is 60.5 Å². The summed E-state index contributed by atoms with van der Waals surface area (Å²) in [5, 5.41) is 0. The molecule has 6 nitrogen and oxygen atoms in total. The van der Waals surface area contributed by atoms with Gasteiger partial charge in [0.05, 0.1) is 42.1 Å². The number of anilines is 1. The van der Waals surface area contributed by atoms with Crippen molar-refractivity contribution in [3.63, 3.8) is 0 Å². The van der Waals surface area contributed by atoms with Gasteiger partial charge in [-0.2, -0.15) is 39.5 Å². The standard InChI is InChI=1S/C26H25F9N2O4/c1-4-7-41-23(39)37-14(2)8-21(19-12-16(24(27,28)29)5-6-20(19)37)36(22(38)40-3)13-15-9-17(25(30,31)32)11-18(10-15)26(33,34)35/h5-6,9-12,14,21H,4,7-8,13H2,1-3H3. The molecule has 2 unspecified atom stereocenters. The third-order valence-corrected chi connectivity index (χ3v) is 6.39. The molecule has 0 N–H and O–H groups in total. The molecule has 2 atom stereocenters. The highest BCUT2D eigenvalue weighted by molar-refractivity contribution is 5.90. The maximum atomic E-state index is 13.6. The third kappa shape index (κ3) is 7.17.